The Balaban J connectivity index is 1.81. The molecule has 168 valence electrons. The normalized spacial score (nSPS) is 18.2. The van der Waals surface area contributed by atoms with Crippen molar-refractivity contribution in [3.8, 4) is 5.69 Å². The second-order valence-corrected chi connectivity index (χ2v) is 8.88. The topological polar surface area (TPSA) is 58.4 Å². The zero-order chi connectivity index (χ0) is 23.0. The number of para-hydroxylation sites is 1. The van der Waals surface area contributed by atoms with Crippen LogP contribution in [0.4, 0.5) is 0 Å². The van der Waals surface area contributed by atoms with Gasteiger partial charge in [0.2, 0.25) is 5.91 Å². The van der Waals surface area contributed by atoms with E-state index in [1.54, 1.807) is 4.57 Å². The number of hydrogen-bond acceptors (Lipinski definition) is 4. The van der Waals surface area contributed by atoms with Crippen LogP contribution in [0.25, 0.3) is 16.6 Å². The van der Waals surface area contributed by atoms with Crippen LogP contribution in [0.1, 0.15) is 50.2 Å². The van der Waals surface area contributed by atoms with E-state index in [9.17, 15) is 9.59 Å². The third-order valence-electron chi connectivity index (χ3n) is 6.60. The standard InChI is InChI=1S/C26H32N4O2/c1-6-24(31)29-14-13-28(16-19(29)4)20(5)25-27-22-10-8-7-9-21(22)26(32)30(25)23-12-11-17(2)15-18(23)3/h7-12,15,19-20H,6,13-14,16H2,1-5H3. The van der Waals surface area contributed by atoms with Gasteiger partial charge < -0.3 is 4.90 Å². The second-order valence-electron chi connectivity index (χ2n) is 8.88. The van der Waals surface area contributed by atoms with Crippen LogP contribution < -0.4 is 5.56 Å². The van der Waals surface area contributed by atoms with Crippen LogP contribution in [-0.4, -0.2) is 50.9 Å². The first-order valence-corrected chi connectivity index (χ1v) is 11.4. The lowest BCUT2D eigenvalue weighted by molar-refractivity contribution is -0.135. The van der Waals surface area contributed by atoms with Crippen LogP contribution in [-0.2, 0) is 4.79 Å². The molecule has 0 saturated carbocycles. The van der Waals surface area contributed by atoms with Gasteiger partial charge in [0, 0.05) is 32.1 Å². The largest absolute Gasteiger partial charge is 0.337 e. The van der Waals surface area contributed by atoms with E-state index in [-0.39, 0.29) is 23.6 Å². The molecule has 0 radical (unpaired) electrons. The first kappa shape index (κ1) is 22.2. The van der Waals surface area contributed by atoms with Gasteiger partial charge in [-0.25, -0.2) is 4.98 Å². The monoisotopic (exact) mass is 432 g/mol. The molecule has 0 aliphatic carbocycles. The number of benzene rings is 2. The van der Waals surface area contributed by atoms with Crippen molar-refractivity contribution in [1.82, 2.24) is 19.4 Å². The molecule has 6 nitrogen and oxygen atoms in total. The van der Waals surface area contributed by atoms with Gasteiger partial charge in [-0.05, 0) is 51.5 Å². The zero-order valence-electron chi connectivity index (χ0n) is 19.6. The molecule has 3 aromatic rings. The van der Waals surface area contributed by atoms with E-state index < -0.39 is 0 Å². The Morgan fingerprint density at radius 1 is 1.16 bits per heavy atom. The Labute approximate surface area is 189 Å². The van der Waals surface area contributed by atoms with E-state index in [1.165, 1.54) is 0 Å². The van der Waals surface area contributed by atoms with Crippen LogP contribution in [0, 0.1) is 13.8 Å². The van der Waals surface area contributed by atoms with Crippen molar-refractivity contribution in [3.05, 3.63) is 69.8 Å². The van der Waals surface area contributed by atoms with Crippen LogP contribution in [0.3, 0.4) is 0 Å². The average molecular weight is 433 g/mol. The molecule has 0 N–H and O–H groups in total. The van der Waals surface area contributed by atoms with Crippen molar-refractivity contribution in [2.75, 3.05) is 19.6 Å². The molecular formula is C26H32N4O2. The highest BCUT2D eigenvalue weighted by atomic mass is 16.2. The van der Waals surface area contributed by atoms with E-state index >= 15 is 0 Å². The van der Waals surface area contributed by atoms with Crippen LogP contribution >= 0.6 is 0 Å². The molecule has 0 spiro atoms. The van der Waals surface area contributed by atoms with Gasteiger partial charge in [0.25, 0.3) is 5.56 Å². The van der Waals surface area contributed by atoms with Gasteiger partial charge in [-0.2, -0.15) is 0 Å². The van der Waals surface area contributed by atoms with Crippen molar-refractivity contribution < 1.29 is 4.79 Å². The maximum Gasteiger partial charge on any atom is 0.266 e. The molecule has 2 aromatic carbocycles. The number of fused-ring (bicyclic) bond motifs is 1. The van der Waals surface area contributed by atoms with Crippen molar-refractivity contribution in [3.63, 3.8) is 0 Å². The van der Waals surface area contributed by atoms with Crippen molar-refractivity contribution in [1.29, 1.82) is 0 Å². The van der Waals surface area contributed by atoms with Crippen LogP contribution in [0.2, 0.25) is 0 Å². The first-order chi connectivity index (χ1) is 15.3. The Hall–Kier alpha value is -2.99. The van der Waals surface area contributed by atoms with Gasteiger partial charge in [0.15, 0.2) is 0 Å². The molecule has 1 aliphatic heterocycles. The second kappa shape index (κ2) is 8.87. The third-order valence-corrected chi connectivity index (χ3v) is 6.60. The van der Waals surface area contributed by atoms with Gasteiger partial charge in [0.1, 0.15) is 5.82 Å². The van der Waals surface area contributed by atoms with Gasteiger partial charge in [-0.1, -0.05) is 36.8 Å². The molecule has 32 heavy (non-hydrogen) atoms. The molecule has 1 amide bonds. The van der Waals surface area contributed by atoms with Gasteiger partial charge >= 0.3 is 0 Å². The number of hydrogen-bond donors (Lipinski definition) is 0. The maximum absolute atomic E-state index is 13.7. The number of carbonyl (C=O) groups excluding carboxylic acids is 1. The summed E-state index contributed by atoms with van der Waals surface area (Å²) in [6.45, 7) is 12.4. The van der Waals surface area contributed by atoms with E-state index in [4.69, 9.17) is 4.98 Å². The van der Waals surface area contributed by atoms with Crippen LogP contribution in [0.5, 0.6) is 0 Å². The fourth-order valence-electron chi connectivity index (χ4n) is 4.79. The van der Waals surface area contributed by atoms with Gasteiger partial charge in [-0.3, -0.25) is 19.1 Å². The Bertz CT molecular complexity index is 1220. The minimum Gasteiger partial charge on any atom is -0.337 e. The zero-order valence-corrected chi connectivity index (χ0v) is 19.6. The fourth-order valence-corrected chi connectivity index (χ4v) is 4.79. The van der Waals surface area contributed by atoms with E-state index in [0.717, 1.165) is 35.7 Å². The molecule has 2 unspecified atom stereocenters. The number of carbonyl (C=O) groups is 1. The highest BCUT2D eigenvalue weighted by Gasteiger charge is 2.31. The van der Waals surface area contributed by atoms with E-state index in [0.29, 0.717) is 23.9 Å². The number of piperazine rings is 1. The molecule has 2 heterocycles. The lowest BCUT2D eigenvalue weighted by Crippen LogP contribution is -2.54. The van der Waals surface area contributed by atoms with E-state index in [2.05, 4.69) is 31.7 Å². The highest BCUT2D eigenvalue weighted by Crippen LogP contribution is 2.26. The number of rotatable bonds is 4. The van der Waals surface area contributed by atoms with Crippen LogP contribution in [0.15, 0.2) is 47.3 Å². The predicted octanol–water partition coefficient (Wildman–Crippen LogP) is 4.01. The molecule has 2 atom stereocenters. The molecule has 6 heteroatoms. The Morgan fingerprint density at radius 2 is 1.91 bits per heavy atom. The number of amides is 1. The number of aromatic nitrogens is 2. The summed E-state index contributed by atoms with van der Waals surface area (Å²) in [6.07, 6.45) is 0.526. The molecular weight excluding hydrogens is 400 g/mol. The van der Waals surface area contributed by atoms with Gasteiger partial charge in [0.05, 0.1) is 22.6 Å². The molecule has 4 rings (SSSR count). The van der Waals surface area contributed by atoms with Crippen molar-refractivity contribution >= 4 is 16.8 Å². The molecule has 0 bridgehead atoms. The number of nitrogens with zero attached hydrogens (tertiary/aromatic N) is 4. The quantitative estimate of drug-likeness (QED) is 0.625. The van der Waals surface area contributed by atoms with Crippen molar-refractivity contribution in [2.24, 2.45) is 0 Å². The average Bonchev–Trinajstić information content (AvgIpc) is 2.78. The van der Waals surface area contributed by atoms with Crippen molar-refractivity contribution in [2.45, 2.75) is 53.1 Å². The maximum atomic E-state index is 13.7. The number of aryl methyl sites for hydroxylation is 2. The SMILES string of the molecule is CCC(=O)N1CCN(C(C)c2nc3ccccc3c(=O)n2-c2ccc(C)cc2C)CC1C. The predicted molar refractivity (Wildman–Crippen MR) is 128 cm³/mol. The molecule has 1 aromatic heterocycles. The summed E-state index contributed by atoms with van der Waals surface area (Å²) in [5.41, 5.74) is 3.75. The fraction of sp³-hybridized carbons (Fsp3) is 0.423. The minimum absolute atomic E-state index is 0.0442. The summed E-state index contributed by atoms with van der Waals surface area (Å²) >= 11 is 0. The Kier molecular flexibility index (Phi) is 6.15. The molecule has 1 aliphatic rings. The summed E-state index contributed by atoms with van der Waals surface area (Å²) in [6, 6.07) is 13.7. The minimum atomic E-state index is -0.0747. The van der Waals surface area contributed by atoms with E-state index in [1.807, 2.05) is 55.1 Å². The highest BCUT2D eigenvalue weighted by molar-refractivity contribution is 5.78. The molecule has 1 saturated heterocycles. The third kappa shape index (κ3) is 3.95. The smallest absolute Gasteiger partial charge is 0.266 e. The summed E-state index contributed by atoms with van der Waals surface area (Å²) in [5.74, 6) is 0.934. The van der Waals surface area contributed by atoms with Gasteiger partial charge in [-0.15, -0.1) is 0 Å². The summed E-state index contributed by atoms with van der Waals surface area (Å²) in [5, 5.41) is 0.621. The lowest BCUT2D eigenvalue weighted by atomic mass is 10.1. The molecule has 1 fully saturated rings. The Morgan fingerprint density at radius 3 is 2.59 bits per heavy atom. The summed E-state index contributed by atoms with van der Waals surface area (Å²) in [7, 11) is 0. The lowest BCUT2D eigenvalue weighted by Gasteiger charge is -2.42. The summed E-state index contributed by atoms with van der Waals surface area (Å²) in [4.78, 5) is 35.2. The first-order valence-electron chi connectivity index (χ1n) is 11.4. The summed E-state index contributed by atoms with van der Waals surface area (Å²) < 4.78 is 1.79.